The molecule has 0 aliphatic rings. The van der Waals surface area contributed by atoms with Gasteiger partial charge < -0.3 is 19.8 Å². The highest BCUT2D eigenvalue weighted by atomic mass is 79.9. The monoisotopic (exact) mass is 578 g/mol. The van der Waals surface area contributed by atoms with Crippen molar-refractivity contribution < 1.29 is 24.5 Å². The molecule has 3 aromatic rings. The van der Waals surface area contributed by atoms with Gasteiger partial charge in [-0.1, -0.05) is 40.2 Å². The molecule has 0 bridgehead atoms. The molecule has 7 nitrogen and oxygen atoms in total. The third kappa shape index (κ3) is 10.6. The van der Waals surface area contributed by atoms with Crippen LogP contribution >= 0.6 is 39.2 Å². The number of nitrogens with zero attached hydrogens (tertiary/aromatic N) is 2. The maximum Gasteiger partial charge on any atom is 0.328 e. The molecule has 0 aliphatic carbocycles. The predicted molar refractivity (Wildman–Crippen MR) is 148 cm³/mol. The first-order chi connectivity index (χ1) is 16.8. The summed E-state index contributed by atoms with van der Waals surface area (Å²) in [5.41, 5.74) is 2.16. The number of thioether (sulfide) groups is 1. The van der Waals surface area contributed by atoms with Crippen LogP contribution in [0, 0.1) is 0 Å². The number of rotatable bonds is 11. The Morgan fingerprint density at radius 3 is 2.43 bits per heavy atom. The van der Waals surface area contributed by atoms with Crippen molar-refractivity contribution in [2.45, 2.75) is 0 Å². The van der Waals surface area contributed by atoms with Gasteiger partial charge in [0, 0.05) is 46.4 Å². The molecule has 10 heteroatoms. The molecule has 0 saturated carbocycles. The lowest BCUT2D eigenvalue weighted by Crippen LogP contribution is -2.21. The smallest absolute Gasteiger partial charge is 0.328 e. The van der Waals surface area contributed by atoms with Crippen molar-refractivity contribution in [1.29, 1.82) is 0 Å². The number of ether oxygens (including phenoxy) is 1. The molecule has 0 radical (unpaired) electrons. The van der Waals surface area contributed by atoms with E-state index in [9.17, 15) is 9.59 Å². The zero-order valence-corrected chi connectivity index (χ0v) is 22.6. The van der Waals surface area contributed by atoms with Crippen LogP contribution in [0.1, 0.15) is 0 Å². The van der Waals surface area contributed by atoms with E-state index in [0.29, 0.717) is 18.8 Å². The molecule has 0 spiro atoms. The van der Waals surface area contributed by atoms with Gasteiger partial charge in [-0.15, -0.1) is 0 Å². The molecule has 0 unspecified atom stereocenters. The maximum atomic E-state index is 9.55. The Labute approximate surface area is 221 Å². The number of carboxylic acids is 2. The molecule has 0 aliphatic heterocycles. The molecule has 0 saturated heterocycles. The highest BCUT2D eigenvalue weighted by Crippen LogP contribution is 2.33. The summed E-state index contributed by atoms with van der Waals surface area (Å²) in [4.78, 5) is 21.4. The van der Waals surface area contributed by atoms with Crippen molar-refractivity contribution in [1.82, 2.24) is 9.27 Å². The van der Waals surface area contributed by atoms with E-state index in [4.69, 9.17) is 14.9 Å². The van der Waals surface area contributed by atoms with E-state index in [2.05, 4.69) is 74.9 Å². The van der Waals surface area contributed by atoms with Crippen LogP contribution in [0.2, 0.25) is 0 Å². The number of benzene rings is 2. The fourth-order valence-corrected chi connectivity index (χ4v) is 4.36. The van der Waals surface area contributed by atoms with Gasteiger partial charge >= 0.3 is 11.9 Å². The number of likely N-dealkylation sites (N-methyl/N-ethyl adjacent to an activating group) is 1. The zero-order valence-electron chi connectivity index (χ0n) is 19.4. The van der Waals surface area contributed by atoms with E-state index in [1.54, 1.807) is 0 Å². The molecular weight excluding hydrogens is 552 g/mol. The number of aromatic nitrogens is 1. The van der Waals surface area contributed by atoms with Gasteiger partial charge in [0.05, 0.1) is 10.4 Å². The largest absolute Gasteiger partial charge is 0.489 e. The Bertz CT molecular complexity index is 1150. The van der Waals surface area contributed by atoms with Gasteiger partial charge in [0.2, 0.25) is 0 Å². The van der Waals surface area contributed by atoms with Gasteiger partial charge in [-0.3, -0.25) is 0 Å². The van der Waals surface area contributed by atoms with Gasteiger partial charge in [0.25, 0.3) is 0 Å². The van der Waals surface area contributed by atoms with E-state index in [-0.39, 0.29) is 0 Å². The van der Waals surface area contributed by atoms with Crippen LogP contribution in [0.5, 0.6) is 5.75 Å². The van der Waals surface area contributed by atoms with Gasteiger partial charge in [0.1, 0.15) is 12.4 Å². The molecule has 0 amide bonds. The van der Waals surface area contributed by atoms with Crippen LogP contribution in [0.15, 0.2) is 71.2 Å². The normalized spacial score (nSPS) is 11.2. The van der Waals surface area contributed by atoms with Crippen molar-refractivity contribution >= 4 is 61.2 Å². The summed E-state index contributed by atoms with van der Waals surface area (Å²) in [7, 11) is 2.14. The number of fused-ring (bicyclic) bond motifs is 1. The van der Waals surface area contributed by atoms with Gasteiger partial charge in [-0.2, -0.15) is 16.1 Å². The van der Waals surface area contributed by atoms with Crippen LogP contribution in [0.4, 0.5) is 0 Å². The third-order valence-corrected chi connectivity index (χ3v) is 6.46. The Hall–Kier alpha value is -2.66. The second-order valence-electron chi connectivity index (χ2n) is 7.24. The van der Waals surface area contributed by atoms with Crippen LogP contribution in [-0.4, -0.2) is 70.2 Å². The highest BCUT2D eigenvalue weighted by Gasteiger charge is 2.09. The quantitative estimate of drug-likeness (QED) is 0.222. The first-order valence-corrected chi connectivity index (χ1v) is 13.5. The third-order valence-electron chi connectivity index (χ3n) is 4.54. The van der Waals surface area contributed by atoms with E-state index in [1.165, 1.54) is 16.9 Å². The number of hydrogen-bond acceptors (Lipinski definition) is 7. The summed E-state index contributed by atoms with van der Waals surface area (Å²) in [5.74, 6) is -0.466. The summed E-state index contributed by atoms with van der Waals surface area (Å²) >= 11 is 6.87. The van der Waals surface area contributed by atoms with Gasteiger partial charge in [0.15, 0.2) is 0 Å². The SMILES string of the molecule is CSCCN(C)CC=CCOc1ccc2c(-c3ccc(Br)cc3)nsc2c1.O=C(O)/C=C/C(=O)O. The summed E-state index contributed by atoms with van der Waals surface area (Å²) in [6, 6.07) is 14.5. The fraction of sp³-hybridized carbons (Fsp3) is 0.240. The Morgan fingerprint density at radius 1 is 1.11 bits per heavy atom. The lowest BCUT2D eigenvalue weighted by Gasteiger charge is -2.12. The minimum Gasteiger partial charge on any atom is -0.489 e. The molecule has 0 fully saturated rings. The Kier molecular flexibility index (Phi) is 12.5. The molecule has 3 rings (SSSR count). The van der Waals surface area contributed by atoms with E-state index in [1.807, 2.05) is 30.0 Å². The average molecular weight is 580 g/mol. The van der Waals surface area contributed by atoms with Crippen LogP contribution in [0.25, 0.3) is 21.3 Å². The summed E-state index contributed by atoms with van der Waals surface area (Å²) in [6.45, 7) is 2.64. The van der Waals surface area contributed by atoms with Gasteiger partial charge in [-0.25, -0.2) is 9.59 Å². The number of hydrogen-bond donors (Lipinski definition) is 2. The Morgan fingerprint density at radius 2 is 1.80 bits per heavy atom. The summed E-state index contributed by atoms with van der Waals surface area (Å²) < 4.78 is 12.7. The minimum atomic E-state index is -1.26. The summed E-state index contributed by atoms with van der Waals surface area (Å²) in [5, 5.41) is 16.8. The van der Waals surface area contributed by atoms with Crippen molar-refractivity contribution in [3.63, 3.8) is 0 Å². The fourth-order valence-electron chi connectivity index (χ4n) is 2.77. The second-order valence-corrected chi connectivity index (χ2v) is 9.95. The molecule has 2 aromatic carbocycles. The first kappa shape index (κ1) is 28.6. The van der Waals surface area contributed by atoms with Crippen molar-refractivity contribution in [2.24, 2.45) is 0 Å². The standard InChI is InChI=1S/C21H23BrN2OS2.C4H4O4/c1-24(12-14-26-2)11-3-4-13-25-18-9-10-19-20(15-18)27-23-21(19)16-5-7-17(22)8-6-16;5-3(6)1-2-4(7)8/h3-10,15H,11-14H2,1-2H3;1-2H,(H,5,6)(H,7,8)/b;2-1+. The van der Waals surface area contributed by atoms with Crippen molar-refractivity contribution in [2.75, 3.05) is 38.8 Å². The second kappa shape index (κ2) is 15.4. The van der Waals surface area contributed by atoms with E-state index in [0.717, 1.165) is 45.0 Å². The minimum absolute atomic E-state index is 0.558. The van der Waals surface area contributed by atoms with E-state index < -0.39 is 11.9 Å². The molecule has 186 valence electrons. The predicted octanol–water partition coefficient (Wildman–Crippen LogP) is 5.67. The molecule has 1 heterocycles. The van der Waals surface area contributed by atoms with E-state index >= 15 is 0 Å². The molecule has 0 atom stereocenters. The molecule has 35 heavy (non-hydrogen) atoms. The topological polar surface area (TPSA) is 100.0 Å². The zero-order chi connectivity index (χ0) is 25.6. The average Bonchev–Trinajstić information content (AvgIpc) is 3.25. The summed E-state index contributed by atoms with van der Waals surface area (Å²) in [6.07, 6.45) is 7.50. The number of halogens is 1. The number of carboxylic acid groups (broad SMARTS) is 2. The van der Waals surface area contributed by atoms with Crippen molar-refractivity contribution in [3.05, 3.63) is 71.2 Å². The van der Waals surface area contributed by atoms with Crippen LogP contribution < -0.4 is 4.74 Å². The lowest BCUT2D eigenvalue weighted by molar-refractivity contribution is -0.134. The van der Waals surface area contributed by atoms with Crippen molar-refractivity contribution in [3.8, 4) is 17.0 Å². The molecule has 2 N–H and O–H groups in total. The lowest BCUT2D eigenvalue weighted by atomic mass is 10.1. The number of carbonyl (C=O) groups is 2. The molecule has 1 aromatic heterocycles. The number of aliphatic carboxylic acids is 2. The first-order valence-electron chi connectivity index (χ1n) is 10.5. The highest BCUT2D eigenvalue weighted by molar-refractivity contribution is 9.10. The molecular formula is C25H27BrN2O5S2. The van der Waals surface area contributed by atoms with Gasteiger partial charge in [-0.05, 0) is 55.2 Å². The van der Waals surface area contributed by atoms with Crippen LogP contribution in [0.3, 0.4) is 0 Å². The maximum absolute atomic E-state index is 9.55. The Balaban J connectivity index is 0.000000466. The van der Waals surface area contributed by atoms with Crippen LogP contribution in [-0.2, 0) is 9.59 Å².